The summed E-state index contributed by atoms with van der Waals surface area (Å²) in [5.41, 5.74) is 3.19. The normalized spacial score (nSPS) is 11.9. The molecular weight excluding hydrogens is 431 g/mol. The van der Waals surface area contributed by atoms with Crippen LogP contribution in [0.25, 0.3) is 11.1 Å². The van der Waals surface area contributed by atoms with Gasteiger partial charge >= 0.3 is 5.97 Å². The van der Waals surface area contributed by atoms with Gasteiger partial charge in [-0.25, -0.2) is 4.39 Å². The minimum atomic E-state index is -0.830. The third kappa shape index (κ3) is 5.96. The molecule has 0 amide bonds. The number of carboxylic acid groups (broad SMARTS) is 1. The number of carboxylic acids is 1. The number of carbonyl (C=O) groups is 1. The number of halogens is 1. The molecule has 0 unspecified atom stereocenters. The minimum absolute atomic E-state index is 0.177. The summed E-state index contributed by atoms with van der Waals surface area (Å²) in [6.45, 7) is 10.1. The Morgan fingerprint density at radius 2 is 1.47 bits per heavy atom. The fraction of sp³-hybridized carbons (Fsp3) is 0.345. The van der Waals surface area contributed by atoms with Crippen molar-refractivity contribution in [3.8, 4) is 22.6 Å². The second-order valence-corrected chi connectivity index (χ2v) is 10.3. The fourth-order valence-corrected chi connectivity index (χ4v) is 3.85. The van der Waals surface area contributed by atoms with Crippen LogP contribution in [0.3, 0.4) is 0 Å². The quantitative estimate of drug-likeness (QED) is 0.389. The number of ether oxygens (including phenoxy) is 2. The molecule has 4 nitrogen and oxygen atoms in total. The summed E-state index contributed by atoms with van der Waals surface area (Å²) in [5.74, 6) is 0.161. The maximum Gasteiger partial charge on any atom is 0.309 e. The Balaban J connectivity index is 1.84. The Kier molecular flexibility index (Phi) is 7.35. The highest BCUT2D eigenvalue weighted by Gasteiger charge is 2.27. The first-order chi connectivity index (χ1) is 15.9. The van der Waals surface area contributed by atoms with Gasteiger partial charge in [0.2, 0.25) is 0 Å². The number of aliphatic carboxylic acids is 1. The molecule has 0 saturated carbocycles. The second kappa shape index (κ2) is 9.88. The molecule has 0 aliphatic heterocycles. The van der Waals surface area contributed by atoms with Crippen LogP contribution in [0.15, 0.2) is 60.7 Å². The molecule has 0 atom stereocenters. The van der Waals surface area contributed by atoms with Crippen molar-refractivity contribution in [2.45, 2.75) is 53.1 Å². The largest absolute Gasteiger partial charge is 0.497 e. The van der Waals surface area contributed by atoms with Crippen molar-refractivity contribution in [3.05, 3.63) is 83.2 Å². The lowest BCUT2D eigenvalue weighted by atomic mass is 9.81. The highest BCUT2D eigenvalue weighted by Crippen LogP contribution is 2.37. The van der Waals surface area contributed by atoms with Gasteiger partial charge in [-0.3, -0.25) is 4.79 Å². The zero-order valence-corrected chi connectivity index (χ0v) is 20.7. The molecule has 0 radical (unpaired) electrons. The van der Waals surface area contributed by atoms with E-state index in [0.29, 0.717) is 30.1 Å². The smallest absolute Gasteiger partial charge is 0.309 e. The first kappa shape index (κ1) is 25.3. The van der Waals surface area contributed by atoms with E-state index in [1.165, 1.54) is 6.07 Å². The molecule has 3 aromatic rings. The van der Waals surface area contributed by atoms with Gasteiger partial charge in [0.25, 0.3) is 0 Å². The Bertz CT molecular complexity index is 1160. The Morgan fingerprint density at radius 1 is 0.853 bits per heavy atom. The van der Waals surface area contributed by atoms with Gasteiger partial charge < -0.3 is 14.6 Å². The van der Waals surface area contributed by atoms with Crippen molar-refractivity contribution < 1.29 is 23.8 Å². The van der Waals surface area contributed by atoms with Crippen molar-refractivity contribution in [1.29, 1.82) is 0 Å². The van der Waals surface area contributed by atoms with E-state index in [1.54, 1.807) is 33.1 Å². The van der Waals surface area contributed by atoms with Crippen LogP contribution in [0.4, 0.5) is 4.39 Å². The van der Waals surface area contributed by atoms with Gasteiger partial charge in [0.1, 0.15) is 23.9 Å². The van der Waals surface area contributed by atoms with E-state index in [0.717, 1.165) is 22.3 Å². The van der Waals surface area contributed by atoms with E-state index in [2.05, 4.69) is 20.8 Å². The lowest BCUT2D eigenvalue weighted by Gasteiger charge is -2.24. The predicted molar refractivity (Wildman–Crippen MR) is 133 cm³/mol. The van der Waals surface area contributed by atoms with E-state index < -0.39 is 11.4 Å². The SMILES string of the molecule is COc1ccc(F)c(-c2cc(COc3ccc(CC(C)(C)C(=O)O)cc3)ccc2C(C)(C)C)c1. The van der Waals surface area contributed by atoms with Crippen molar-refractivity contribution in [3.63, 3.8) is 0 Å². The van der Waals surface area contributed by atoms with Crippen LogP contribution >= 0.6 is 0 Å². The van der Waals surface area contributed by atoms with E-state index in [4.69, 9.17) is 9.47 Å². The van der Waals surface area contributed by atoms with Crippen LogP contribution in [-0.4, -0.2) is 18.2 Å². The number of hydrogen-bond donors (Lipinski definition) is 1. The molecule has 0 aromatic heterocycles. The molecule has 3 rings (SSSR count). The molecule has 0 aliphatic carbocycles. The van der Waals surface area contributed by atoms with E-state index in [1.807, 2.05) is 42.5 Å². The van der Waals surface area contributed by atoms with Crippen molar-refractivity contribution >= 4 is 5.97 Å². The van der Waals surface area contributed by atoms with Gasteiger partial charge in [-0.1, -0.05) is 45.0 Å². The summed E-state index contributed by atoms with van der Waals surface area (Å²) in [4.78, 5) is 11.4. The van der Waals surface area contributed by atoms with Gasteiger partial charge in [0, 0.05) is 5.56 Å². The van der Waals surface area contributed by atoms with Gasteiger partial charge in [-0.05, 0) is 84.3 Å². The summed E-state index contributed by atoms with van der Waals surface area (Å²) in [5, 5.41) is 9.33. The van der Waals surface area contributed by atoms with Crippen LogP contribution in [0.1, 0.15) is 51.3 Å². The highest BCUT2D eigenvalue weighted by molar-refractivity contribution is 5.74. The molecule has 5 heteroatoms. The molecule has 0 spiro atoms. The van der Waals surface area contributed by atoms with Crippen LogP contribution in [-0.2, 0) is 23.2 Å². The van der Waals surface area contributed by atoms with Gasteiger partial charge in [0.05, 0.1) is 12.5 Å². The maximum atomic E-state index is 14.8. The zero-order valence-electron chi connectivity index (χ0n) is 20.7. The summed E-state index contributed by atoms with van der Waals surface area (Å²) in [6.07, 6.45) is 0.437. The fourth-order valence-electron chi connectivity index (χ4n) is 3.85. The lowest BCUT2D eigenvalue weighted by molar-refractivity contribution is -0.146. The highest BCUT2D eigenvalue weighted by atomic mass is 19.1. The van der Waals surface area contributed by atoms with Crippen molar-refractivity contribution in [2.24, 2.45) is 5.41 Å². The monoisotopic (exact) mass is 464 g/mol. The number of hydrogen-bond acceptors (Lipinski definition) is 3. The standard InChI is InChI=1S/C29H33FO4/c1-28(2,3)25-13-9-20(15-23(25)24-16-22(33-6)12-14-26(24)30)18-34-21-10-7-19(8-11-21)17-29(4,5)27(31)32/h7-16H,17-18H2,1-6H3,(H,31,32). The third-order valence-corrected chi connectivity index (χ3v) is 5.91. The zero-order chi connectivity index (χ0) is 25.1. The van der Waals surface area contributed by atoms with Crippen LogP contribution in [0, 0.1) is 11.2 Å². The summed E-state index contributed by atoms with van der Waals surface area (Å²) in [7, 11) is 1.57. The second-order valence-electron chi connectivity index (χ2n) is 10.3. The maximum absolute atomic E-state index is 14.8. The van der Waals surface area contributed by atoms with E-state index in [-0.39, 0.29) is 11.2 Å². The van der Waals surface area contributed by atoms with Crippen LogP contribution in [0.2, 0.25) is 0 Å². The average Bonchev–Trinajstić information content (AvgIpc) is 2.78. The lowest BCUT2D eigenvalue weighted by Crippen LogP contribution is -2.26. The molecule has 3 aromatic carbocycles. The Morgan fingerprint density at radius 3 is 2.06 bits per heavy atom. The molecule has 1 N–H and O–H groups in total. The molecular formula is C29H33FO4. The molecule has 0 fully saturated rings. The molecule has 180 valence electrons. The van der Waals surface area contributed by atoms with Crippen molar-refractivity contribution in [2.75, 3.05) is 7.11 Å². The van der Waals surface area contributed by atoms with Crippen molar-refractivity contribution in [1.82, 2.24) is 0 Å². The summed E-state index contributed by atoms with van der Waals surface area (Å²) >= 11 is 0. The Hall–Kier alpha value is -3.34. The number of methoxy groups -OCH3 is 1. The van der Waals surface area contributed by atoms with Gasteiger partial charge in [-0.15, -0.1) is 0 Å². The molecule has 0 bridgehead atoms. The van der Waals surface area contributed by atoms with Crippen LogP contribution < -0.4 is 9.47 Å². The third-order valence-electron chi connectivity index (χ3n) is 5.91. The first-order valence-electron chi connectivity index (χ1n) is 11.3. The predicted octanol–water partition coefficient (Wildman–Crippen LogP) is 7.03. The molecule has 0 saturated heterocycles. The number of benzene rings is 3. The van der Waals surface area contributed by atoms with Gasteiger partial charge in [0.15, 0.2) is 0 Å². The molecule has 0 heterocycles. The van der Waals surface area contributed by atoms with Crippen LogP contribution in [0.5, 0.6) is 11.5 Å². The molecule has 0 aliphatic rings. The average molecular weight is 465 g/mol. The Labute approximate surface area is 201 Å². The number of rotatable bonds is 8. The van der Waals surface area contributed by atoms with E-state index >= 15 is 0 Å². The summed E-state index contributed by atoms with van der Waals surface area (Å²) < 4.78 is 26.1. The van der Waals surface area contributed by atoms with Gasteiger partial charge in [-0.2, -0.15) is 0 Å². The van der Waals surface area contributed by atoms with E-state index in [9.17, 15) is 14.3 Å². The summed E-state index contributed by atoms with van der Waals surface area (Å²) in [6, 6.07) is 18.2. The minimum Gasteiger partial charge on any atom is -0.497 e. The molecule has 34 heavy (non-hydrogen) atoms. The first-order valence-corrected chi connectivity index (χ1v) is 11.3. The topological polar surface area (TPSA) is 55.8 Å².